The number of hydrogen-bond acceptors (Lipinski definition) is 5. The Hall–Kier alpha value is -2.80. The lowest BCUT2D eigenvalue weighted by Crippen LogP contribution is -2.41. The quantitative estimate of drug-likeness (QED) is 0.740. The van der Waals surface area contributed by atoms with Crippen LogP contribution in [0.5, 0.6) is 0 Å². The number of piperidine rings is 1. The lowest BCUT2D eigenvalue weighted by atomic mass is 9.95. The first-order chi connectivity index (χ1) is 15.1. The molecular formula is C24H30N4O3. The fraction of sp³-hybridized carbons (Fsp3) is 0.500. The van der Waals surface area contributed by atoms with Gasteiger partial charge in [-0.2, -0.15) is 0 Å². The summed E-state index contributed by atoms with van der Waals surface area (Å²) in [6, 6.07) is 10.1. The lowest BCUT2D eigenvalue weighted by Gasteiger charge is -2.31. The number of likely N-dealkylation sites (tertiary alicyclic amines) is 1. The maximum absolute atomic E-state index is 12.7. The highest BCUT2D eigenvalue weighted by molar-refractivity contribution is 5.95. The van der Waals surface area contributed by atoms with Crippen LogP contribution in [0.2, 0.25) is 0 Å². The van der Waals surface area contributed by atoms with Crippen molar-refractivity contribution in [3.63, 3.8) is 0 Å². The van der Waals surface area contributed by atoms with Crippen molar-refractivity contribution < 1.29 is 14.3 Å². The number of carbonyl (C=O) groups is 2. The Bertz CT molecular complexity index is 904. The van der Waals surface area contributed by atoms with Crippen molar-refractivity contribution in [2.45, 2.75) is 38.5 Å². The molecule has 2 aliphatic heterocycles. The molecule has 0 bridgehead atoms. The molecule has 0 aliphatic carbocycles. The lowest BCUT2D eigenvalue weighted by molar-refractivity contribution is -0.132. The molecule has 0 radical (unpaired) electrons. The number of ether oxygens (including phenoxy) is 1. The number of aryl methyl sites for hydroxylation is 2. The molecule has 3 heterocycles. The van der Waals surface area contributed by atoms with Crippen molar-refractivity contribution in [2.75, 3.05) is 39.4 Å². The highest BCUT2D eigenvalue weighted by Crippen LogP contribution is 2.26. The molecule has 7 nitrogen and oxygen atoms in total. The minimum absolute atomic E-state index is 0.0221. The van der Waals surface area contributed by atoms with Gasteiger partial charge in [-0.25, -0.2) is 9.97 Å². The zero-order valence-corrected chi connectivity index (χ0v) is 18.1. The van der Waals surface area contributed by atoms with E-state index in [4.69, 9.17) is 4.74 Å². The van der Waals surface area contributed by atoms with Crippen molar-refractivity contribution in [2.24, 2.45) is 0 Å². The summed E-state index contributed by atoms with van der Waals surface area (Å²) in [7, 11) is 0. The van der Waals surface area contributed by atoms with Gasteiger partial charge in [0.25, 0.3) is 5.91 Å². The highest BCUT2D eigenvalue weighted by Gasteiger charge is 2.27. The molecule has 0 N–H and O–H groups in total. The van der Waals surface area contributed by atoms with Crippen LogP contribution in [0.3, 0.4) is 0 Å². The van der Waals surface area contributed by atoms with Gasteiger partial charge in [-0.05, 0) is 31.7 Å². The van der Waals surface area contributed by atoms with Gasteiger partial charge in [-0.3, -0.25) is 9.59 Å². The predicted octanol–water partition coefficient (Wildman–Crippen LogP) is 2.60. The van der Waals surface area contributed by atoms with E-state index in [2.05, 4.69) is 22.1 Å². The Balaban J connectivity index is 1.30. The largest absolute Gasteiger partial charge is 0.378 e. The first-order valence-corrected chi connectivity index (χ1v) is 11.1. The topological polar surface area (TPSA) is 75.6 Å². The molecule has 2 fully saturated rings. The van der Waals surface area contributed by atoms with E-state index in [1.54, 1.807) is 11.1 Å². The zero-order valence-electron chi connectivity index (χ0n) is 18.1. The number of nitrogens with zero attached hydrogens (tertiary/aromatic N) is 4. The van der Waals surface area contributed by atoms with E-state index in [-0.39, 0.29) is 17.7 Å². The molecule has 0 spiro atoms. The van der Waals surface area contributed by atoms with E-state index < -0.39 is 0 Å². The van der Waals surface area contributed by atoms with E-state index in [1.807, 2.05) is 30.0 Å². The second-order valence-corrected chi connectivity index (χ2v) is 8.27. The molecule has 1 aromatic carbocycles. The van der Waals surface area contributed by atoms with Crippen molar-refractivity contribution in [1.29, 1.82) is 0 Å². The van der Waals surface area contributed by atoms with Gasteiger partial charge in [0.1, 0.15) is 5.82 Å². The van der Waals surface area contributed by atoms with E-state index in [9.17, 15) is 9.59 Å². The van der Waals surface area contributed by atoms with Crippen molar-refractivity contribution in [1.82, 2.24) is 19.8 Å². The molecule has 0 saturated carbocycles. The van der Waals surface area contributed by atoms with Gasteiger partial charge in [0.2, 0.25) is 5.91 Å². The van der Waals surface area contributed by atoms with Crippen LogP contribution >= 0.6 is 0 Å². The van der Waals surface area contributed by atoms with Crippen LogP contribution in [-0.4, -0.2) is 71.0 Å². The van der Waals surface area contributed by atoms with Crippen LogP contribution in [0, 0.1) is 6.92 Å². The predicted molar refractivity (Wildman–Crippen MR) is 117 cm³/mol. The number of morpholine rings is 1. The van der Waals surface area contributed by atoms with Crippen LogP contribution < -0.4 is 0 Å². The molecule has 1 aromatic heterocycles. The number of hydrogen-bond donors (Lipinski definition) is 0. The summed E-state index contributed by atoms with van der Waals surface area (Å²) in [5.41, 5.74) is 2.49. The van der Waals surface area contributed by atoms with Crippen LogP contribution in [0.15, 0.2) is 36.5 Å². The summed E-state index contributed by atoms with van der Waals surface area (Å²) in [6.45, 7) is 5.71. The Morgan fingerprint density at radius 2 is 1.74 bits per heavy atom. The standard InChI is InChI=1S/C24H30N4O3/c1-18-21(24(30)28-13-15-31-16-14-28)17-25-23(26-18)20-9-11-27(12-10-20)22(29)8-7-19-5-3-2-4-6-19/h2-6,17,20H,7-16H2,1H3. The van der Waals surface area contributed by atoms with Crippen molar-refractivity contribution >= 4 is 11.8 Å². The van der Waals surface area contributed by atoms with E-state index in [0.29, 0.717) is 38.3 Å². The molecule has 7 heteroatoms. The van der Waals surface area contributed by atoms with Crippen molar-refractivity contribution in [3.8, 4) is 0 Å². The Kier molecular flexibility index (Phi) is 6.92. The number of amides is 2. The monoisotopic (exact) mass is 422 g/mol. The maximum atomic E-state index is 12.7. The summed E-state index contributed by atoms with van der Waals surface area (Å²) in [5, 5.41) is 0. The summed E-state index contributed by atoms with van der Waals surface area (Å²) in [6.07, 6.45) is 4.70. The van der Waals surface area contributed by atoms with Gasteiger partial charge in [-0.15, -0.1) is 0 Å². The number of aromatic nitrogens is 2. The molecule has 2 aromatic rings. The maximum Gasteiger partial charge on any atom is 0.257 e. The third-order valence-corrected chi connectivity index (χ3v) is 6.21. The summed E-state index contributed by atoms with van der Waals surface area (Å²) < 4.78 is 5.32. The van der Waals surface area contributed by atoms with E-state index >= 15 is 0 Å². The molecule has 164 valence electrons. The van der Waals surface area contributed by atoms with Gasteiger partial charge < -0.3 is 14.5 Å². The third-order valence-electron chi connectivity index (χ3n) is 6.21. The SMILES string of the molecule is Cc1nc(C2CCN(C(=O)CCc3ccccc3)CC2)ncc1C(=O)N1CCOCC1. The Morgan fingerprint density at radius 3 is 2.42 bits per heavy atom. The average molecular weight is 423 g/mol. The van der Waals surface area contributed by atoms with Gasteiger partial charge in [0, 0.05) is 44.7 Å². The minimum Gasteiger partial charge on any atom is -0.378 e. The summed E-state index contributed by atoms with van der Waals surface area (Å²) in [5.74, 6) is 1.20. The van der Waals surface area contributed by atoms with Crippen molar-refractivity contribution in [3.05, 3.63) is 59.2 Å². The number of carbonyl (C=O) groups excluding carboxylic acids is 2. The fourth-order valence-corrected chi connectivity index (χ4v) is 4.27. The van der Waals surface area contributed by atoms with Crippen LogP contribution in [0.25, 0.3) is 0 Å². The second-order valence-electron chi connectivity index (χ2n) is 8.27. The van der Waals surface area contributed by atoms with E-state index in [0.717, 1.165) is 43.9 Å². The zero-order chi connectivity index (χ0) is 21.6. The minimum atomic E-state index is -0.0221. The molecule has 2 amide bonds. The molecule has 4 rings (SSSR count). The molecule has 2 aliphatic rings. The normalized spacial score (nSPS) is 17.6. The molecule has 2 saturated heterocycles. The van der Waals surface area contributed by atoms with E-state index in [1.165, 1.54) is 5.56 Å². The first kappa shape index (κ1) is 21.4. The van der Waals surface area contributed by atoms with Gasteiger partial charge in [0.05, 0.1) is 24.5 Å². The first-order valence-electron chi connectivity index (χ1n) is 11.1. The third kappa shape index (κ3) is 5.28. The number of rotatable bonds is 5. The summed E-state index contributed by atoms with van der Waals surface area (Å²) >= 11 is 0. The van der Waals surface area contributed by atoms with Crippen LogP contribution in [0.1, 0.15) is 52.6 Å². The fourth-order valence-electron chi connectivity index (χ4n) is 4.27. The Morgan fingerprint density at radius 1 is 1.03 bits per heavy atom. The average Bonchev–Trinajstić information content (AvgIpc) is 2.83. The summed E-state index contributed by atoms with van der Waals surface area (Å²) in [4.78, 5) is 38.3. The van der Waals surface area contributed by atoms with Gasteiger partial charge in [0.15, 0.2) is 0 Å². The van der Waals surface area contributed by atoms with Crippen LogP contribution in [-0.2, 0) is 16.0 Å². The molecular weight excluding hydrogens is 392 g/mol. The smallest absolute Gasteiger partial charge is 0.257 e. The number of benzene rings is 1. The van der Waals surface area contributed by atoms with Gasteiger partial charge in [-0.1, -0.05) is 30.3 Å². The second kappa shape index (κ2) is 10.0. The highest BCUT2D eigenvalue weighted by atomic mass is 16.5. The molecule has 0 atom stereocenters. The van der Waals surface area contributed by atoms with Gasteiger partial charge >= 0.3 is 0 Å². The molecule has 31 heavy (non-hydrogen) atoms. The molecule has 0 unspecified atom stereocenters. The Labute approximate surface area is 183 Å². The van der Waals surface area contributed by atoms with Crippen LogP contribution in [0.4, 0.5) is 0 Å².